The molecule has 1 atom stereocenters. The van der Waals surface area contributed by atoms with Crippen molar-refractivity contribution in [2.75, 3.05) is 0 Å². The summed E-state index contributed by atoms with van der Waals surface area (Å²) >= 11 is 0. The quantitative estimate of drug-likeness (QED) is 0.168. The third-order valence-corrected chi connectivity index (χ3v) is 5.89. The molecule has 0 rings (SSSR count). The molecule has 0 aliphatic rings. The van der Waals surface area contributed by atoms with E-state index >= 15 is 0 Å². The van der Waals surface area contributed by atoms with E-state index in [2.05, 4.69) is 20.8 Å². The van der Waals surface area contributed by atoms with Gasteiger partial charge in [0, 0.05) is 0 Å². The second-order valence-electron chi connectivity index (χ2n) is 8.75. The number of hydrogen-bond donors (Lipinski definition) is 0. The minimum atomic E-state index is 0.926. The van der Waals surface area contributed by atoms with Crippen LogP contribution in [0.1, 0.15) is 148 Å². The molecule has 0 heterocycles. The molecule has 156 valence electrons. The molecule has 0 amide bonds. The average Bonchev–Trinajstić information content (AvgIpc) is 2.65. The van der Waals surface area contributed by atoms with E-state index in [9.17, 15) is 0 Å². The van der Waals surface area contributed by atoms with Crippen molar-refractivity contribution in [3.05, 3.63) is 13.8 Å². The van der Waals surface area contributed by atoms with Crippen molar-refractivity contribution in [3.63, 3.8) is 0 Å². The van der Waals surface area contributed by atoms with Gasteiger partial charge in [-0.25, -0.2) is 0 Å². The first-order chi connectivity index (χ1) is 12.8. The minimum Gasteiger partial charge on any atom is -0.0625 e. The first-order valence-corrected chi connectivity index (χ1v) is 12.4. The van der Waals surface area contributed by atoms with Crippen LogP contribution in [0.2, 0.25) is 0 Å². The number of hydrogen-bond acceptors (Lipinski definition) is 0. The summed E-state index contributed by atoms with van der Waals surface area (Å²) in [6.07, 6.45) is 31.1. The Kier molecular flexibility index (Phi) is 23.0. The van der Waals surface area contributed by atoms with Crippen molar-refractivity contribution in [1.82, 2.24) is 0 Å². The summed E-state index contributed by atoms with van der Waals surface area (Å²) in [6.45, 7) is 10.3. The Morgan fingerprint density at radius 2 is 0.654 bits per heavy atom. The monoisotopic (exact) mass is 364 g/mol. The highest BCUT2D eigenvalue weighted by Gasteiger charge is 2.01. The highest BCUT2D eigenvalue weighted by molar-refractivity contribution is 4.56. The van der Waals surface area contributed by atoms with Crippen LogP contribution in [0.4, 0.5) is 0 Å². The lowest BCUT2D eigenvalue weighted by molar-refractivity contribution is 0.443. The van der Waals surface area contributed by atoms with Crippen molar-refractivity contribution in [2.24, 2.45) is 5.92 Å². The van der Waals surface area contributed by atoms with Crippen LogP contribution in [0.15, 0.2) is 0 Å². The van der Waals surface area contributed by atoms with Gasteiger partial charge in [-0.05, 0) is 5.92 Å². The minimum absolute atomic E-state index is 0.926. The summed E-state index contributed by atoms with van der Waals surface area (Å²) in [5.74, 6) is 0.926. The molecule has 0 heteroatoms. The van der Waals surface area contributed by atoms with Gasteiger partial charge in [0.05, 0.1) is 0 Å². The smallest absolute Gasteiger partial charge is 0.0443 e. The normalized spacial score (nSPS) is 12.6. The van der Waals surface area contributed by atoms with Crippen LogP contribution in [0.3, 0.4) is 0 Å². The molecular formula is C26H52. The van der Waals surface area contributed by atoms with Crippen LogP contribution in [0, 0.1) is 19.8 Å². The number of rotatable bonds is 22. The fourth-order valence-electron chi connectivity index (χ4n) is 3.96. The summed E-state index contributed by atoms with van der Waals surface area (Å²) in [4.78, 5) is 0. The van der Waals surface area contributed by atoms with E-state index in [4.69, 9.17) is 0 Å². The van der Waals surface area contributed by atoms with Crippen LogP contribution < -0.4 is 0 Å². The van der Waals surface area contributed by atoms with E-state index in [1.165, 1.54) is 128 Å². The van der Waals surface area contributed by atoms with Crippen LogP contribution in [0.5, 0.6) is 0 Å². The van der Waals surface area contributed by atoms with E-state index in [0.29, 0.717) is 0 Å². The number of unbranched alkanes of at least 4 members (excludes halogenated alkanes) is 18. The molecule has 0 saturated heterocycles. The summed E-state index contributed by atoms with van der Waals surface area (Å²) in [6, 6.07) is 0. The van der Waals surface area contributed by atoms with Gasteiger partial charge < -0.3 is 0 Å². The van der Waals surface area contributed by atoms with Gasteiger partial charge >= 0.3 is 0 Å². The van der Waals surface area contributed by atoms with E-state index in [-0.39, 0.29) is 0 Å². The molecule has 1 unspecified atom stereocenters. The summed E-state index contributed by atoms with van der Waals surface area (Å²) < 4.78 is 0. The van der Waals surface area contributed by atoms with Gasteiger partial charge in [-0.2, -0.15) is 0 Å². The second-order valence-corrected chi connectivity index (χ2v) is 8.75. The lowest BCUT2D eigenvalue weighted by Gasteiger charge is -2.10. The Labute approximate surface area is 168 Å². The zero-order valence-electron chi connectivity index (χ0n) is 18.5. The molecule has 0 N–H and O–H groups in total. The first kappa shape index (κ1) is 26.0. The van der Waals surface area contributed by atoms with Gasteiger partial charge in [-0.15, -0.1) is 0 Å². The fraction of sp³-hybridized carbons (Fsp3) is 0.923. The third-order valence-electron chi connectivity index (χ3n) is 5.89. The molecule has 2 radical (unpaired) electrons. The molecule has 0 aromatic carbocycles. The van der Waals surface area contributed by atoms with Crippen LogP contribution in [-0.4, -0.2) is 0 Å². The van der Waals surface area contributed by atoms with Crippen molar-refractivity contribution < 1.29 is 0 Å². The largest absolute Gasteiger partial charge is 0.0625 e. The van der Waals surface area contributed by atoms with Gasteiger partial charge in [0.2, 0.25) is 0 Å². The lowest BCUT2D eigenvalue weighted by Crippen LogP contribution is -1.94. The molecule has 0 aromatic rings. The van der Waals surface area contributed by atoms with Crippen molar-refractivity contribution >= 4 is 0 Å². The van der Waals surface area contributed by atoms with E-state index in [1.54, 1.807) is 0 Å². The summed E-state index contributed by atoms with van der Waals surface area (Å²) in [5.41, 5.74) is 0. The van der Waals surface area contributed by atoms with Gasteiger partial charge in [0.25, 0.3) is 0 Å². The zero-order valence-corrected chi connectivity index (χ0v) is 18.5. The molecule has 0 saturated carbocycles. The Balaban J connectivity index is 3.03. The van der Waals surface area contributed by atoms with E-state index < -0.39 is 0 Å². The lowest BCUT2D eigenvalue weighted by atomic mass is 9.97. The molecular weight excluding hydrogens is 312 g/mol. The van der Waals surface area contributed by atoms with Crippen molar-refractivity contribution in [1.29, 1.82) is 0 Å². The SMILES string of the molecule is [CH2]CCCCCCCCCCCCCCCCCCCC(C)CCC[CH2]. The van der Waals surface area contributed by atoms with Crippen molar-refractivity contribution in [2.45, 2.75) is 148 Å². The third kappa shape index (κ3) is 22.0. The highest BCUT2D eigenvalue weighted by Crippen LogP contribution is 2.18. The summed E-state index contributed by atoms with van der Waals surface area (Å²) in [7, 11) is 0. The molecule has 0 aromatic heterocycles. The van der Waals surface area contributed by atoms with Gasteiger partial charge in [0.15, 0.2) is 0 Å². The van der Waals surface area contributed by atoms with E-state index in [1.807, 2.05) is 0 Å². The standard InChI is InChI=1S/C26H52/c1-4-6-8-9-10-11-12-13-14-15-16-17-18-19-20-21-22-23-25-26(3)24-7-5-2/h26H,1-2,4-25H2,3H3. The summed E-state index contributed by atoms with van der Waals surface area (Å²) in [5, 5.41) is 0. The fourth-order valence-corrected chi connectivity index (χ4v) is 3.96. The zero-order chi connectivity index (χ0) is 19.1. The molecule has 26 heavy (non-hydrogen) atoms. The Morgan fingerprint density at radius 3 is 1.00 bits per heavy atom. The van der Waals surface area contributed by atoms with Gasteiger partial charge in [0.1, 0.15) is 0 Å². The maximum absolute atomic E-state index is 3.94. The Hall–Kier alpha value is 0. The molecule has 0 aliphatic heterocycles. The van der Waals surface area contributed by atoms with Crippen LogP contribution in [-0.2, 0) is 0 Å². The van der Waals surface area contributed by atoms with Crippen LogP contribution >= 0.6 is 0 Å². The second kappa shape index (κ2) is 23.0. The molecule has 0 spiro atoms. The Bertz CT molecular complexity index is 232. The van der Waals surface area contributed by atoms with Crippen molar-refractivity contribution in [3.8, 4) is 0 Å². The highest BCUT2D eigenvalue weighted by atomic mass is 14.1. The van der Waals surface area contributed by atoms with Gasteiger partial charge in [-0.1, -0.05) is 162 Å². The predicted octanol–water partition coefficient (Wildman–Crippen LogP) is 9.87. The van der Waals surface area contributed by atoms with E-state index in [0.717, 1.165) is 18.8 Å². The molecule has 0 fully saturated rings. The van der Waals surface area contributed by atoms with Gasteiger partial charge in [-0.3, -0.25) is 0 Å². The Morgan fingerprint density at radius 1 is 0.385 bits per heavy atom. The topological polar surface area (TPSA) is 0 Å². The van der Waals surface area contributed by atoms with Crippen LogP contribution in [0.25, 0.3) is 0 Å². The molecule has 0 aliphatic carbocycles. The molecule has 0 bridgehead atoms. The first-order valence-electron chi connectivity index (χ1n) is 12.4. The average molecular weight is 365 g/mol. The maximum Gasteiger partial charge on any atom is -0.0443 e. The predicted molar refractivity (Wildman–Crippen MR) is 121 cm³/mol. The maximum atomic E-state index is 3.94. The molecule has 0 nitrogen and oxygen atoms in total.